The van der Waals surface area contributed by atoms with Gasteiger partial charge in [0.05, 0.1) is 5.69 Å². The van der Waals surface area contributed by atoms with E-state index >= 15 is 0 Å². The van der Waals surface area contributed by atoms with Crippen molar-refractivity contribution in [3.8, 4) is 0 Å². The van der Waals surface area contributed by atoms with Crippen LogP contribution in [-0.4, -0.2) is 70.4 Å². The quantitative estimate of drug-likeness (QED) is 0.704. The summed E-state index contributed by atoms with van der Waals surface area (Å²) in [4.78, 5) is 40.3. The first kappa shape index (κ1) is 15.4. The Bertz CT molecular complexity index is 607. The van der Waals surface area contributed by atoms with Crippen LogP contribution in [0, 0.1) is 6.92 Å². The molecule has 23 heavy (non-hydrogen) atoms. The molecule has 0 spiro atoms. The fraction of sp³-hybridized carbons (Fsp3) is 0.533. The van der Waals surface area contributed by atoms with Gasteiger partial charge in [-0.2, -0.15) is 5.10 Å². The summed E-state index contributed by atoms with van der Waals surface area (Å²) >= 11 is 0. The molecular weight excluding hydrogens is 298 g/mol. The fourth-order valence-corrected chi connectivity index (χ4v) is 2.78. The number of carbonyl (C=O) groups is 3. The number of anilines is 1. The summed E-state index contributed by atoms with van der Waals surface area (Å²) in [5, 5.41) is 8.19. The van der Waals surface area contributed by atoms with Crippen LogP contribution in [-0.2, 0) is 14.4 Å². The average Bonchev–Trinajstić information content (AvgIpc) is 2.87. The number of rotatable bonds is 3. The maximum absolute atomic E-state index is 12.3. The molecule has 1 aromatic rings. The Kier molecular flexibility index (Phi) is 4.22. The van der Waals surface area contributed by atoms with Crippen LogP contribution >= 0.6 is 0 Å². The van der Waals surface area contributed by atoms with Gasteiger partial charge >= 0.3 is 0 Å². The number of imide groups is 1. The Morgan fingerprint density at radius 2 is 1.70 bits per heavy atom. The third kappa shape index (κ3) is 3.30. The van der Waals surface area contributed by atoms with Crippen LogP contribution in [0.3, 0.4) is 0 Å². The molecule has 8 nitrogen and oxygen atoms in total. The predicted molar refractivity (Wildman–Crippen MR) is 81.5 cm³/mol. The molecule has 8 heteroatoms. The number of aryl methyl sites for hydroxylation is 1. The molecular formula is C15H19N5O3. The van der Waals surface area contributed by atoms with Crippen molar-refractivity contribution in [2.45, 2.75) is 19.8 Å². The Morgan fingerprint density at radius 3 is 2.26 bits per heavy atom. The van der Waals surface area contributed by atoms with Gasteiger partial charge in [0.15, 0.2) is 5.82 Å². The Balaban J connectivity index is 1.54. The van der Waals surface area contributed by atoms with Crippen LogP contribution in [0.1, 0.15) is 18.5 Å². The monoisotopic (exact) mass is 317 g/mol. The van der Waals surface area contributed by atoms with Gasteiger partial charge in [-0.1, -0.05) is 0 Å². The molecule has 1 aromatic heterocycles. The largest absolute Gasteiger partial charge is 0.352 e. The molecule has 0 N–H and O–H groups in total. The van der Waals surface area contributed by atoms with Crippen molar-refractivity contribution >= 4 is 23.5 Å². The second-order valence-electron chi connectivity index (χ2n) is 5.77. The number of aromatic nitrogens is 2. The lowest BCUT2D eigenvalue weighted by atomic mass is 10.3. The van der Waals surface area contributed by atoms with Gasteiger partial charge in [0.25, 0.3) is 0 Å². The normalized spacial score (nSPS) is 18.7. The smallest absolute Gasteiger partial charge is 0.242 e. The Labute approximate surface area is 134 Å². The van der Waals surface area contributed by atoms with Crippen LogP contribution in [0.4, 0.5) is 5.82 Å². The summed E-state index contributed by atoms with van der Waals surface area (Å²) in [5.41, 5.74) is 0.863. The van der Waals surface area contributed by atoms with Gasteiger partial charge < -0.3 is 9.80 Å². The fourth-order valence-electron chi connectivity index (χ4n) is 2.78. The number of hydrogen-bond acceptors (Lipinski definition) is 6. The molecule has 0 bridgehead atoms. The number of likely N-dealkylation sites (tertiary alicyclic amines) is 1. The van der Waals surface area contributed by atoms with Crippen molar-refractivity contribution in [1.29, 1.82) is 0 Å². The average molecular weight is 317 g/mol. The van der Waals surface area contributed by atoms with E-state index in [0.29, 0.717) is 26.2 Å². The summed E-state index contributed by atoms with van der Waals surface area (Å²) < 4.78 is 0. The molecule has 0 radical (unpaired) electrons. The van der Waals surface area contributed by atoms with E-state index < -0.39 is 0 Å². The van der Waals surface area contributed by atoms with Crippen LogP contribution in [0.2, 0.25) is 0 Å². The molecule has 0 saturated carbocycles. The van der Waals surface area contributed by atoms with E-state index in [-0.39, 0.29) is 37.1 Å². The summed E-state index contributed by atoms with van der Waals surface area (Å²) in [6.45, 7) is 4.16. The first-order valence-corrected chi connectivity index (χ1v) is 7.71. The minimum atomic E-state index is -0.253. The van der Waals surface area contributed by atoms with Crippen LogP contribution in [0.25, 0.3) is 0 Å². The highest BCUT2D eigenvalue weighted by molar-refractivity contribution is 6.04. The molecule has 2 aliphatic heterocycles. The summed E-state index contributed by atoms with van der Waals surface area (Å²) in [6.07, 6.45) is 0.429. The van der Waals surface area contributed by atoms with Crippen molar-refractivity contribution < 1.29 is 14.4 Å². The molecule has 2 fully saturated rings. The first-order chi connectivity index (χ1) is 11.0. The lowest BCUT2D eigenvalue weighted by Gasteiger charge is -2.35. The lowest BCUT2D eigenvalue weighted by molar-refractivity contribution is -0.145. The van der Waals surface area contributed by atoms with Gasteiger partial charge in [0.2, 0.25) is 17.7 Å². The van der Waals surface area contributed by atoms with Crippen molar-refractivity contribution in [1.82, 2.24) is 20.0 Å². The maximum atomic E-state index is 12.3. The van der Waals surface area contributed by atoms with E-state index in [4.69, 9.17) is 0 Å². The first-order valence-electron chi connectivity index (χ1n) is 7.71. The third-order valence-corrected chi connectivity index (χ3v) is 4.19. The molecule has 2 saturated heterocycles. The van der Waals surface area contributed by atoms with Crippen LogP contribution < -0.4 is 4.90 Å². The Morgan fingerprint density at radius 1 is 1.04 bits per heavy atom. The van der Waals surface area contributed by atoms with E-state index in [0.717, 1.165) is 16.4 Å². The molecule has 3 rings (SSSR count). The molecule has 0 atom stereocenters. The SMILES string of the molecule is Cc1ccc(N2CCN(C(=O)CN3C(=O)CCC3=O)CC2)nn1. The van der Waals surface area contributed by atoms with Gasteiger partial charge in [-0.25, -0.2) is 0 Å². The number of amides is 3. The van der Waals surface area contributed by atoms with Crippen molar-refractivity contribution in [2.24, 2.45) is 0 Å². The number of hydrogen-bond donors (Lipinski definition) is 0. The molecule has 0 unspecified atom stereocenters. The van der Waals surface area contributed by atoms with Crippen molar-refractivity contribution in [3.63, 3.8) is 0 Å². The molecule has 3 amide bonds. The van der Waals surface area contributed by atoms with Gasteiger partial charge in [-0.15, -0.1) is 5.10 Å². The maximum Gasteiger partial charge on any atom is 0.242 e. The van der Waals surface area contributed by atoms with Crippen molar-refractivity contribution in [3.05, 3.63) is 17.8 Å². The highest BCUT2D eigenvalue weighted by Gasteiger charge is 2.32. The van der Waals surface area contributed by atoms with Gasteiger partial charge in [-0.05, 0) is 19.1 Å². The second-order valence-corrected chi connectivity index (χ2v) is 5.77. The Hall–Kier alpha value is -2.51. The zero-order valence-corrected chi connectivity index (χ0v) is 13.1. The van der Waals surface area contributed by atoms with E-state index in [1.807, 2.05) is 19.1 Å². The van der Waals surface area contributed by atoms with Crippen molar-refractivity contribution in [2.75, 3.05) is 37.6 Å². The topological polar surface area (TPSA) is 86.7 Å². The van der Waals surface area contributed by atoms with Gasteiger partial charge in [-0.3, -0.25) is 19.3 Å². The van der Waals surface area contributed by atoms with E-state index in [1.165, 1.54) is 0 Å². The van der Waals surface area contributed by atoms with E-state index in [9.17, 15) is 14.4 Å². The minimum Gasteiger partial charge on any atom is -0.352 e. The lowest BCUT2D eigenvalue weighted by Crippen LogP contribution is -2.52. The van der Waals surface area contributed by atoms with Crippen LogP contribution in [0.5, 0.6) is 0 Å². The minimum absolute atomic E-state index is 0.137. The highest BCUT2D eigenvalue weighted by Crippen LogP contribution is 2.15. The van der Waals surface area contributed by atoms with E-state index in [1.54, 1.807) is 4.90 Å². The molecule has 122 valence electrons. The van der Waals surface area contributed by atoms with E-state index in [2.05, 4.69) is 15.1 Å². The summed E-state index contributed by atoms with van der Waals surface area (Å²) in [7, 11) is 0. The molecule has 0 aromatic carbocycles. The third-order valence-electron chi connectivity index (χ3n) is 4.19. The molecule has 2 aliphatic rings. The summed E-state index contributed by atoms with van der Waals surface area (Å²) in [6, 6.07) is 3.83. The predicted octanol–water partition coefficient (Wildman–Crippen LogP) is -0.417. The molecule has 0 aliphatic carbocycles. The number of nitrogens with zero attached hydrogens (tertiary/aromatic N) is 5. The van der Waals surface area contributed by atoms with Gasteiger partial charge in [0.1, 0.15) is 6.54 Å². The zero-order chi connectivity index (χ0) is 16.4. The van der Waals surface area contributed by atoms with Gasteiger partial charge in [0, 0.05) is 39.0 Å². The molecule has 3 heterocycles. The standard InChI is InChI=1S/C15H19N5O3/c1-11-2-3-12(17-16-11)18-6-8-19(9-7-18)15(23)10-20-13(21)4-5-14(20)22/h2-3H,4-10H2,1H3. The highest BCUT2D eigenvalue weighted by atomic mass is 16.2. The number of piperazine rings is 1. The van der Waals surface area contributed by atoms with Crippen LogP contribution in [0.15, 0.2) is 12.1 Å². The summed E-state index contributed by atoms with van der Waals surface area (Å²) in [5.74, 6) is 0.115. The number of carbonyl (C=O) groups excluding carboxylic acids is 3. The zero-order valence-electron chi connectivity index (χ0n) is 13.1. The second kappa shape index (κ2) is 6.31.